The van der Waals surface area contributed by atoms with Crippen LogP contribution in [-0.2, 0) is 5.41 Å². The molecule has 1 aliphatic carbocycles. The van der Waals surface area contributed by atoms with Crippen molar-refractivity contribution in [3.8, 4) is 56.0 Å². The summed E-state index contributed by atoms with van der Waals surface area (Å²) in [4.78, 5) is 2.39. The Morgan fingerprint density at radius 3 is 1.65 bits per heavy atom. The standard InChI is InChI=1S/C53H37NO/c1-53(2)49-19-11-10-18-43(49)44-25-23-42(33-50(44)53)54(40-16-4-3-5-17-40)41-24-27-52-48(32-41)46-30-37-15-9-8-14-36(37)29-45(46)47-31-39(22-26-51(47)55-52)38-21-20-34-12-6-7-13-35(34)28-38/h3-33H,1-2H3. The van der Waals surface area contributed by atoms with Crippen molar-refractivity contribution in [2.24, 2.45) is 0 Å². The summed E-state index contributed by atoms with van der Waals surface area (Å²) in [5.74, 6) is 1.70. The Labute approximate surface area is 321 Å². The summed E-state index contributed by atoms with van der Waals surface area (Å²) in [6.07, 6.45) is 0. The van der Waals surface area contributed by atoms with Crippen molar-refractivity contribution in [3.05, 3.63) is 199 Å². The fraction of sp³-hybridized carbons (Fsp3) is 0.0566. The second-order valence-electron chi connectivity index (χ2n) is 15.4. The van der Waals surface area contributed by atoms with Crippen LogP contribution >= 0.6 is 0 Å². The van der Waals surface area contributed by atoms with Gasteiger partial charge in [-0.25, -0.2) is 0 Å². The molecule has 0 fully saturated rings. The van der Waals surface area contributed by atoms with E-state index >= 15 is 0 Å². The minimum atomic E-state index is -0.108. The number of nitrogens with zero attached hydrogens (tertiary/aromatic N) is 1. The van der Waals surface area contributed by atoms with E-state index in [1.165, 1.54) is 49.4 Å². The van der Waals surface area contributed by atoms with E-state index in [0.29, 0.717) is 0 Å². The van der Waals surface area contributed by atoms with Gasteiger partial charge in [0.05, 0.1) is 0 Å². The van der Waals surface area contributed by atoms with Crippen molar-refractivity contribution < 1.29 is 4.74 Å². The average molecular weight is 704 g/mol. The van der Waals surface area contributed by atoms with E-state index in [9.17, 15) is 0 Å². The zero-order valence-electron chi connectivity index (χ0n) is 30.8. The van der Waals surface area contributed by atoms with Gasteiger partial charge >= 0.3 is 0 Å². The zero-order chi connectivity index (χ0) is 36.7. The molecule has 2 heteroatoms. The molecule has 0 radical (unpaired) electrons. The van der Waals surface area contributed by atoms with Crippen molar-refractivity contribution >= 4 is 38.6 Å². The lowest BCUT2D eigenvalue weighted by atomic mass is 9.82. The molecule has 9 aromatic rings. The average Bonchev–Trinajstić information content (AvgIpc) is 3.37. The number of hydrogen-bond acceptors (Lipinski definition) is 2. The summed E-state index contributed by atoms with van der Waals surface area (Å²) < 4.78 is 6.92. The molecule has 0 bridgehead atoms. The summed E-state index contributed by atoms with van der Waals surface area (Å²) in [5.41, 5.74) is 15.4. The molecule has 260 valence electrons. The van der Waals surface area contributed by atoms with E-state index in [1.807, 2.05) is 0 Å². The molecule has 55 heavy (non-hydrogen) atoms. The van der Waals surface area contributed by atoms with E-state index in [2.05, 4.69) is 207 Å². The maximum atomic E-state index is 6.92. The third-order valence-electron chi connectivity index (χ3n) is 11.8. The molecule has 0 spiro atoms. The first kappa shape index (κ1) is 31.6. The molecule has 0 N–H and O–H groups in total. The van der Waals surface area contributed by atoms with Crippen molar-refractivity contribution in [2.45, 2.75) is 19.3 Å². The lowest BCUT2D eigenvalue weighted by Gasteiger charge is -2.28. The Morgan fingerprint density at radius 1 is 0.345 bits per heavy atom. The molecule has 0 atom stereocenters. The number of rotatable bonds is 4. The predicted molar refractivity (Wildman–Crippen MR) is 230 cm³/mol. The molecule has 0 amide bonds. The number of fused-ring (bicyclic) bond motifs is 10. The summed E-state index contributed by atoms with van der Waals surface area (Å²) in [5, 5.41) is 4.88. The van der Waals surface area contributed by atoms with Crippen LogP contribution in [0.5, 0.6) is 11.5 Å². The van der Waals surface area contributed by atoms with Crippen LogP contribution < -0.4 is 9.64 Å². The molecule has 9 aromatic carbocycles. The first-order chi connectivity index (χ1) is 27.0. The summed E-state index contributed by atoms with van der Waals surface area (Å²) in [6, 6.07) is 68.5. The van der Waals surface area contributed by atoms with E-state index in [0.717, 1.165) is 56.4 Å². The van der Waals surface area contributed by atoms with Crippen LogP contribution in [0.4, 0.5) is 17.1 Å². The minimum absolute atomic E-state index is 0.108. The first-order valence-electron chi connectivity index (χ1n) is 19.1. The van der Waals surface area contributed by atoms with Crippen molar-refractivity contribution in [2.75, 3.05) is 4.90 Å². The molecule has 1 heterocycles. The van der Waals surface area contributed by atoms with Gasteiger partial charge in [-0.2, -0.15) is 0 Å². The summed E-state index contributed by atoms with van der Waals surface area (Å²) >= 11 is 0. The number of anilines is 3. The normalized spacial score (nSPS) is 13.2. The second kappa shape index (κ2) is 12.1. The predicted octanol–water partition coefficient (Wildman–Crippen LogP) is 14.9. The van der Waals surface area contributed by atoms with E-state index in [4.69, 9.17) is 4.74 Å². The Balaban J connectivity index is 1.09. The molecule has 1 aliphatic heterocycles. The maximum Gasteiger partial charge on any atom is 0.135 e. The van der Waals surface area contributed by atoms with Gasteiger partial charge in [0, 0.05) is 33.6 Å². The van der Waals surface area contributed by atoms with Crippen molar-refractivity contribution in [3.63, 3.8) is 0 Å². The van der Waals surface area contributed by atoms with E-state index in [1.54, 1.807) is 0 Å². The highest BCUT2D eigenvalue weighted by atomic mass is 16.5. The number of benzene rings is 9. The molecule has 0 saturated heterocycles. The molecule has 0 unspecified atom stereocenters. The van der Waals surface area contributed by atoms with Gasteiger partial charge in [-0.05, 0) is 139 Å². The Kier molecular flexibility index (Phi) is 6.93. The van der Waals surface area contributed by atoms with Gasteiger partial charge < -0.3 is 9.64 Å². The van der Waals surface area contributed by atoms with Gasteiger partial charge in [0.2, 0.25) is 0 Å². The smallest absolute Gasteiger partial charge is 0.135 e. The Bertz CT molecular complexity index is 2990. The highest BCUT2D eigenvalue weighted by molar-refractivity contribution is 6.01. The Morgan fingerprint density at radius 2 is 0.891 bits per heavy atom. The van der Waals surface area contributed by atoms with Gasteiger partial charge in [-0.1, -0.05) is 129 Å². The van der Waals surface area contributed by atoms with Crippen LogP contribution in [0.1, 0.15) is 25.0 Å². The quantitative estimate of drug-likeness (QED) is 0.181. The molecular weight excluding hydrogens is 667 g/mol. The molecule has 2 aliphatic rings. The highest BCUT2D eigenvalue weighted by Crippen LogP contribution is 2.53. The topological polar surface area (TPSA) is 12.5 Å². The van der Waals surface area contributed by atoms with Gasteiger partial charge in [-0.3, -0.25) is 0 Å². The third-order valence-corrected chi connectivity index (χ3v) is 11.8. The fourth-order valence-corrected chi connectivity index (χ4v) is 8.99. The van der Waals surface area contributed by atoms with Crippen LogP contribution in [-0.4, -0.2) is 0 Å². The summed E-state index contributed by atoms with van der Waals surface area (Å²) in [7, 11) is 0. The molecular formula is C53H37NO. The first-order valence-corrected chi connectivity index (χ1v) is 19.1. The van der Waals surface area contributed by atoms with Crippen LogP contribution in [0, 0.1) is 0 Å². The fourth-order valence-electron chi connectivity index (χ4n) is 8.99. The molecule has 0 aromatic heterocycles. The molecule has 2 nitrogen and oxygen atoms in total. The lowest BCUT2D eigenvalue weighted by Crippen LogP contribution is -2.16. The minimum Gasteiger partial charge on any atom is -0.456 e. The van der Waals surface area contributed by atoms with Crippen LogP contribution in [0.3, 0.4) is 0 Å². The largest absolute Gasteiger partial charge is 0.456 e. The number of para-hydroxylation sites is 1. The van der Waals surface area contributed by atoms with Gasteiger partial charge in [0.15, 0.2) is 0 Å². The third kappa shape index (κ3) is 5.02. The van der Waals surface area contributed by atoms with E-state index < -0.39 is 0 Å². The van der Waals surface area contributed by atoms with Crippen molar-refractivity contribution in [1.82, 2.24) is 0 Å². The SMILES string of the molecule is CC1(C)c2ccccc2-c2ccc(N(c3ccccc3)c3ccc4c(c3)-c3cc5ccccc5cc3-c3cc(-c5ccc6ccccc6c5)ccc3O4)cc21. The monoisotopic (exact) mass is 703 g/mol. The molecule has 0 saturated carbocycles. The van der Waals surface area contributed by atoms with Crippen LogP contribution in [0.2, 0.25) is 0 Å². The second-order valence-corrected chi connectivity index (χ2v) is 15.4. The van der Waals surface area contributed by atoms with Crippen LogP contribution in [0.25, 0.3) is 66.1 Å². The maximum absolute atomic E-state index is 6.92. The van der Waals surface area contributed by atoms with Crippen LogP contribution in [0.15, 0.2) is 188 Å². The van der Waals surface area contributed by atoms with Gasteiger partial charge in [0.25, 0.3) is 0 Å². The lowest BCUT2D eigenvalue weighted by molar-refractivity contribution is 0.488. The Hall–Kier alpha value is -6.90. The highest BCUT2D eigenvalue weighted by Gasteiger charge is 2.36. The number of hydrogen-bond donors (Lipinski definition) is 0. The van der Waals surface area contributed by atoms with Gasteiger partial charge in [0.1, 0.15) is 11.5 Å². The number of ether oxygens (including phenoxy) is 1. The summed E-state index contributed by atoms with van der Waals surface area (Å²) in [6.45, 7) is 4.69. The zero-order valence-corrected chi connectivity index (χ0v) is 30.8. The molecule has 11 rings (SSSR count). The van der Waals surface area contributed by atoms with Crippen molar-refractivity contribution in [1.29, 1.82) is 0 Å². The van der Waals surface area contributed by atoms with Gasteiger partial charge in [-0.15, -0.1) is 0 Å². The van der Waals surface area contributed by atoms with E-state index in [-0.39, 0.29) is 5.41 Å².